The molecule has 0 unspecified atom stereocenters. The largest absolute Gasteiger partial charge is 0.345 e. The summed E-state index contributed by atoms with van der Waals surface area (Å²) in [5.41, 5.74) is 1.51. The van der Waals surface area contributed by atoms with Crippen LogP contribution < -0.4 is 10.6 Å². The van der Waals surface area contributed by atoms with Gasteiger partial charge in [-0.3, -0.25) is 4.79 Å². The number of halogens is 1. The van der Waals surface area contributed by atoms with Gasteiger partial charge in [0.25, 0.3) is 5.91 Å². The van der Waals surface area contributed by atoms with E-state index in [9.17, 15) is 4.79 Å². The fraction of sp³-hybridized carbons (Fsp3) is 0.0625. The summed E-state index contributed by atoms with van der Waals surface area (Å²) in [6, 6.07) is 12.4. The molecule has 1 heterocycles. The van der Waals surface area contributed by atoms with E-state index in [4.69, 9.17) is 16.9 Å². The van der Waals surface area contributed by atoms with Gasteiger partial charge in [-0.2, -0.15) is 5.26 Å². The van der Waals surface area contributed by atoms with Crippen molar-refractivity contribution < 1.29 is 4.79 Å². The van der Waals surface area contributed by atoms with E-state index in [1.807, 2.05) is 31.2 Å². The lowest BCUT2D eigenvalue weighted by molar-refractivity contribution is -0.112. The normalized spacial score (nSPS) is 10.7. The average molecular weight is 313 g/mol. The van der Waals surface area contributed by atoms with Crippen LogP contribution >= 0.6 is 11.6 Å². The summed E-state index contributed by atoms with van der Waals surface area (Å²) in [6.45, 7) is 1.87. The van der Waals surface area contributed by atoms with Crippen molar-refractivity contribution in [1.82, 2.24) is 4.98 Å². The number of aromatic nitrogens is 1. The van der Waals surface area contributed by atoms with Crippen molar-refractivity contribution >= 4 is 29.0 Å². The Bertz CT molecular complexity index is 765. The summed E-state index contributed by atoms with van der Waals surface area (Å²) in [5, 5.41) is 15.1. The van der Waals surface area contributed by atoms with E-state index in [1.54, 1.807) is 18.2 Å². The van der Waals surface area contributed by atoms with Gasteiger partial charge in [-0.15, -0.1) is 0 Å². The zero-order valence-corrected chi connectivity index (χ0v) is 12.6. The van der Waals surface area contributed by atoms with Crippen LogP contribution in [0.15, 0.2) is 54.4 Å². The van der Waals surface area contributed by atoms with Crippen molar-refractivity contribution in [3.05, 3.63) is 65.0 Å². The van der Waals surface area contributed by atoms with Gasteiger partial charge in [0.2, 0.25) is 0 Å². The molecule has 0 atom stereocenters. The van der Waals surface area contributed by atoms with E-state index < -0.39 is 5.91 Å². The fourth-order valence-corrected chi connectivity index (χ4v) is 1.84. The minimum absolute atomic E-state index is 0.0648. The summed E-state index contributed by atoms with van der Waals surface area (Å²) in [4.78, 5) is 16.1. The lowest BCUT2D eigenvalue weighted by atomic mass is 10.2. The summed E-state index contributed by atoms with van der Waals surface area (Å²) >= 11 is 5.84. The maximum atomic E-state index is 12.1. The number of anilines is 2. The molecule has 2 N–H and O–H groups in total. The van der Waals surface area contributed by atoms with Crippen LogP contribution in [-0.2, 0) is 4.79 Å². The predicted octanol–water partition coefficient (Wildman–Crippen LogP) is 3.50. The lowest BCUT2D eigenvalue weighted by Gasteiger charge is -2.07. The molecule has 0 bridgehead atoms. The smallest absolute Gasteiger partial charge is 0.267 e. The van der Waals surface area contributed by atoms with Gasteiger partial charge in [-0.1, -0.05) is 29.8 Å². The SMILES string of the molecule is Cc1ccccc1NC(=O)/C(C#N)=C\Nc1cc(Cl)ccn1. The number of benzene rings is 1. The molecular weight excluding hydrogens is 300 g/mol. The molecule has 0 fully saturated rings. The van der Waals surface area contributed by atoms with Crippen LogP contribution in [0, 0.1) is 18.3 Å². The highest BCUT2D eigenvalue weighted by Crippen LogP contribution is 2.15. The third-order valence-electron chi connectivity index (χ3n) is 2.84. The second kappa shape index (κ2) is 7.25. The summed E-state index contributed by atoms with van der Waals surface area (Å²) in [7, 11) is 0. The van der Waals surface area contributed by atoms with Gasteiger partial charge in [-0.25, -0.2) is 4.98 Å². The van der Waals surface area contributed by atoms with Crippen molar-refractivity contribution in [3.8, 4) is 6.07 Å². The van der Waals surface area contributed by atoms with Gasteiger partial charge in [-0.05, 0) is 30.7 Å². The number of pyridine rings is 1. The van der Waals surface area contributed by atoms with Crippen LogP contribution in [0.4, 0.5) is 11.5 Å². The van der Waals surface area contributed by atoms with Gasteiger partial charge in [0.05, 0.1) is 0 Å². The van der Waals surface area contributed by atoms with Gasteiger partial charge in [0, 0.05) is 23.1 Å². The van der Waals surface area contributed by atoms with Crippen LogP contribution in [0.1, 0.15) is 5.56 Å². The van der Waals surface area contributed by atoms with Crippen molar-refractivity contribution in [2.45, 2.75) is 6.92 Å². The van der Waals surface area contributed by atoms with Gasteiger partial charge in [0.15, 0.2) is 0 Å². The fourth-order valence-electron chi connectivity index (χ4n) is 1.68. The number of aryl methyl sites for hydroxylation is 1. The topological polar surface area (TPSA) is 77.8 Å². The highest BCUT2D eigenvalue weighted by Gasteiger charge is 2.10. The van der Waals surface area contributed by atoms with Gasteiger partial charge in [0.1, 0.15) is 17.5 Å². The number of carbonyl (C=O) groups is 1. The number of hydrogen-bond donors (Lipinski definition) is 2. The van der Waals surface area contributed by atoms with Crippen LogP contribution in [0.25, 0.3) is 0 Å². The van der Waals surface area contributed by atoms with E-state index in [-0.39, 0.29) is 5.57 Å². The Labute approximate surface area is 133 Å². The maximum absolute atomic E-state index is 12.1. The quantitative estimate of drug-likeness (QED) is 0.669. The van der Waals surface area contributed by atoms with Crippen LogP contribution in [0.3, 0.4) is 0 Å². The zero-order chi connectivity index (χ0) is 15.9. The van der Waals surface area contributed by atoms with Crippen molar-refractivity contribution in [2.24, 2.45) is 0 Å². The molecule has 0 saturated heterocycles. The van der Waals surface area contributed by atoms with Crippen LogP contribution in [0.5, 0.6) is 0 Å². The highest BCUT2D eigenvalue weighted by molar-refractivity contribution is 6.30. The molecule has 0 radical (unpaired) electrons. The zero-order valence-electron chi connectivity index (χ0n) is 11.8. The second-order valence-electron chi connectivity index (χ2n) is 4.44. The number of amides is 1. The Morgan fingerprint density at radius 1 is 1.36 bits per heavy atom. The molecule has 110 valence electrons. The van der Waals surface area contributed by atoms with Crippen molar-refractivity contribution in [1.29, 1.82) is 5.26 Å². The molecule has 0 spiro atoms. The monoisotopic (exact) mass is 312 g/mol. The molecule has 22 heavy (non-hydrogen) atoms. The minimum Gasteiger partial charge on any atom is -0.345 e. The number of hydrogen-bond acceptors (Lipinski definition) is 4. The Hall–Kier alpha value is -2.84. The highest BCUT2D eigenvalue weighted by atomic mass is 35.5. The number of nitrogens with zero attached hydrogens (tertiary/aromatic N) is 2. The molecule has 2 rings (SSSR count). The van der Waals surface area contributed by atoms with E-state index in [0.29, 0.717) is 16.5 Å². The number of nitriles is 1. The summed E-state index contributed by atoms with van der Waals surface area (Å²) in [6.07, 6.45) is 2.82. The molecule has 5 nitrogen and oxygen atoms in total. The standard InChI is InChI=1S/C16H13ClN4O/c1-11-4-2-3-5-14(11)21-16(22)12(9-18)10-20-15-8-13(17)6-7-19-15/h2-8,10H,1H3,(H,19,20)(H,21,22)/b12-10-. The molecule has 6 heteroatoms. The molecule has 0 aliphatic carbocycles. The number of rotatable bonds is 4. The predicted molar refractivity (Wildman–Crippen MR) is 86.4 cm³/mol. The minimum atomic E-state index is -0.494. The Morgan fingerprint density at radius 3 is 2.82 bits per heavy atom. The Balaban J connectivity index is 2.11. The van der Waals surface area contributed by atoms with Gasteiger partial charge < -0.3 is 10.6 Å². The number of carbonyl (C=O) groups excluding carboxylic acids is 1. The number of nitrogens with one attached hydrogen (secondary N) is 2. The first-order valence-electron chi connectivity index (χ1n) is 6.45. The van der Waals surface area contributed by atoms with Crippen molar-refractivity contribution in [2.75, 3.05) is 10.6 Å². The van der Waals surface area contributed by atoms with Gasteiger partial charge >= 0.3 is 0 Å². The van der Waals surface area contributed by atoms with Crippen molar-refractivity contribution in [3.63, 3.8) is 0 Å². The molecule has 2 aromatic rings. The van der Waals surface area contributed by atoms with E-state index in [1.165, 1.54) is 12.4 Å². The Morgan fingerprint density at radius 2 is 2.14 bits per heavy atom. The molecule has 0 aliphatic heterocycles. The van der Waals surface area contributed by atoms with Crippen LogP contribution in [0.2, 0.25) is 5.02 Å². The lowest BCUT2D eigenvalue weighted by Crippen LogP contribution is -2.15. The first-order chi connectivity index (χ1) is 10.6. The van der Waals surface area contributed by atoms with E-state index in [0.717, 1.165) is 5.56 Å². The first kappa shape index (κ1) is 15.5. The Kier molecular flexibility index (Phi) is 5.12. The first-order valence-corrected chi connectivity index (χ1v) is 6.83. The molecule has 0 aliphatic rings. The maximum Gasteiger partial charge on any atom is 0.267 e. The molecular formula is C16H13ClN4O. The molecule has 0 saturated carbocycles. The molecule has 1 aromatic carbocycles. The summed E-state index contributed by atoms with van der Waals surface area (Å²) < 4.78 is 0. The number of para-hydroxylation sites is 1. The summed E-state index contributed by atoms with van der Waals surface area (Å²) in [5.74, 6) is -0.0460. The average Bonchev–Trinajstić information content (AvgIpc) is 2.50. The third-order valence-corrected chi connectivity index (χ3v) is 3.08. The van der Waals surface area contributed by atoms with Crippen LogP contribution in [-0.4, -0.2) is 10.9 Å². The third kappa shape index (κ3) is 4.08. The molecule has 1 aromatic heterocycles. The van der Waals surface area contributed by atoms with E-state index >= 15 is 0 Å². The second-order valence-corrected chi connectivity index (χ2v) is 4.88. The van der Waals surface area contributed by atoms with E-state index in [2.05, 4.69) is 15.6 Å². The molecule has 1 amide bonds.